The third-order valence-corrected chi connectivity index (χ3v) is 7.38. The van der Waals surface area contributed by atoms with Crippen molar-refractivity contribution in [3.8, 4) is 5.75 Å². The summed E-state index contributed by atoms with van der Waals surface area (Å²) < 4.78 is 61.5. The normalized spacial score (nSPS) is 22.5. The minimum atomic E-state index is -4.76. The number of likely N-dealkylation sites (N-methyl/N-ethyl adjacent to an activating group) is 1. The van der Waals surface area contributed by atoms with Crippen molar-refractivity contribution in [1.29, 1.82) is 0 Å². The van der Waals surface area contributed by atoms with Crippen LogP contribution >= 0.6 is 0 Å². The molecule has 0 bridgehead atoms. The van der Waals surface area contributed by atoms with E-state index < -0.39 is 17.6 Å². The number of nitrogens with one attached hydrogen (secondary N) is 2. The van der Waals surface area contributed by atoms with Crippen LogP contribution in [0.4, 0.5) is 29.2 Å². The molecule has 0 spiro atoms. The molecule has 1 aromatic carbocycles. The molecule has 1 saturated carbocycles. The Bertz CT molecular complexity index is 1240. The average molecular weight is 521 g/mol. The highest BCUT2D eigenvalue weighted by Crippen LogP contribution is 2.39. The predicted molar refractivity (Wildman–Crippen MR) is 135 cm³/mol. The zero-order chi connectivity index (χ0) is 26.2. The van der Waals surface area contributed by atoms with Gasteiger partial charge in [0.1, 0.15) is 5.82 Å². The van der Waals surface area contributed by atoms with Crippen molar-refractivity contribution in [2.75, 3.05) is 36.9 Å². The number of ether oxygens (including phenoxy) is 1. The lowest BCUT2D eigenvalue weighted by Gasteiger charge is -2.30. The summed E-state index contributed by atoms with van der Waals surface area (Å²) in [6.07, 6.45) is 0.430. The highest BCUT2D eigenvalue weighted by molar-refractivity contribution is 5.91. The zero-order valence-electron chi connectivity index (χ0n) is 21.0. The van der Waals surface area contributed by atoms with E-state index in [1.165, 1.54) is 12.1 Å². The average Bonchev–Trinajstić information content (AvgIpc) is 3.50. The van der Waals surface area contributed by atoms with E-state index >= 15 is 0 Å². The van der Waals surface area contributed by atoms with Gasteiger partial charge in [-0.3, -0.25) is 4.68 Å². The van der Waals surface area contributed by atoms with Crippen molar-refractivity contribution < 1.29 is 22.3 Å². The maximum Gasteiger partial charge on any atom is 0.419 e. The van der Waals surface area contributed by atoms with Gasteiger partial charge in [0.15, 0.2) is 17.4 Å². The summed E-state index contributed by atoms with van der Waals surface area (Å²) in [5.41, 5.74) is -0.302. The first-order valence-electron chi connectivity index (χ1n) is 12.8. The molecule has 2 N–H and O–H groups in total. The van der Waals surface area contributed by atoms with Gasteiger partial charge in [0.25, 0.3) is 0 Å². The monoisotopic (exact) mass is 520 g/mol. The first-order chi connectivity index (χ1) is 17.8. The molecule has 0 radical (unpaired) electrons. The molecule has 3 heterocycles. The Morgan fingerprint density at radius 3 is 2.59 bits per heavy atom. The molecule has 200 valence electrons. The van der Waals surface area contributed by atoms with Crippen molar-refractivity contribution in [1.82, 2.24) is 20.1 Å². The van der Waals surface area contributed by atoms with Crippen molar-refractivity contribution in [3.63, 3.8) is 0 Å². The Balaban J connectivity index is 1.35. The first kappa shape index (κ1) is 25.6. The molecule has 2 fully saturated rings. The van der Waals surface area contributed by atoms with Gasteiger partial charge < -0.3 is 20.3 Å². The number of rotatable bonds is 7. The molecular formula is C26H32F4N6O. The Hall–Kier alpha value is -3.08. The van der Waals surface area contributed by atoms with Crippen LogP contribution in [0.3, 0.4) is 0 Å². The second-order valence-electron chi connectivity index (χ2n) is 9.77. The fraction of sp³-hybridized carbons (Fsp3) is 0.538. The van der Waals surface area contributed by atoms with Crippen molar-refractivity contribution in [3.05, 3.63) is 41.8 Å². The smallest absolute Gasteiger partial charge is 0.419 e. The number of nitrogens with zero attached hydrogens (tertiary/aromatic N) is 4. The van der Waals surface area contributed by atoms with Gasteiger partial charge in [-0.25, -0.2) is 9.37 Å². The molecule has 1 aliphatic heterocycles. The lowest BCUT2D eigenvalue weighted by atomic mass is 9.93. The minimum Gasteiger partial charge on any atom is -0.487 e. The lowest BCUT2D eigenvalue weighted by Crippen LogP contribution is -2.30. The van der Waals surface area contributed by atoms with Gasteiger partial charge >= 0.3 is 6.18 Å². The standard InChI is InChI=1S/C26H32F4N6O/c1-3-32-23-13-21-19(14-33-23)25(35-12-11-16(15-35)31-2)34-36(21)17-7-9-18(10-8-17)37-22-6-4-5-20(24(22)27)26(28,29)30/h4-6,13-14,16-18,31H,3,7-12,15H2,1-2H3,(H,32,33)/t16-,17?,18?/m0/s1. The van der Waals surface area contributed by atoms with E-state index in [4.69, 9.17) is 9.84 Å². The van der Waals surface area contributed by atoms with Gasteiger partial charge in [0, 0.05) is 37.9 Å². The summed E-state index contributed by atoms with van der Waals surface area (Å²) >= 11 is 0. The Labute approximate surface area is 213 Å². The third kappa shape index (κ3) is 5.18. The maximum absolute atomic E-state index is 14.5. The summed E-state index contributed by atoms with van der Waals surface area (Å²) in [7, 11) is 1.97. The molecule has 37 heavy (non-hydrogen) atoms. The molecule has 1 aliphatic carbocycles. The number of hydrogen-bond donors (Lipinski definition) is 2. The van der Waals surface area contributed by atoms with Crippen LogP contribution < -0.4 is 20.3 Å². The molecular weight excluding hydrogens is 488 g/mol. The quantitative estimate of drug-likeness (QED) is 0.408. The number of halogens is 4. The molecule has 2 aromatic heterocycles. The highest BCUT2D eigenvalue weighted by Gasteiger charge is 2.36. The number of aromatic nitrogens is 3. The van der Waals surface area contributed by atoms with E-state index in [2.05, 4.69) is 25.2 Å². The fourth-order valence-corrected chi connectivity index (χ4v) is 5.40. The minimum absolute atomic E-state index is 0.0991. The highest BCUT2D eigenvalue weighted by atomic mass is 19.4. The van der Waals surface area contributed by atoms with Crippen LogP contribution in [0.2, 0.25) is 0 Å². The topological polar surface area (TPSA) is 67.2 Å². The summed E-state index contributed by atoms with van der Waals surface area (Å²) in [4.78, 5) is 6.87. The molecule has 1 saturated heterocycles. The lowest BCUT2D eigenvalue weighted by molar-refractivity contribution is -0.140. The van der Waals surface area contributed by atoms with Gasteiger partial charge in [-0.05, 0) is 58.2 Å². The number of fused-ring (bicyclic) bond motifs is 1. The van der Waals surface area contributed by atoms with Crippen LogP contribution in [0.15, 0.2) is 30.5 Å². The van der Waals surface area contributed by atoms with E-state index in [-0.39, 0.29) is 17.9 Å². The van der Waals surface area contributed by atoms with Crippen LogP contribution in [0.5, 0.6) is 5.75 Å². The Kier molecular flexibility index (Phi) is 7.15. The second kappa shape index (κ2) is 10.4. The van der Waals surface area contributed by atoms with E-state index in [1.807, 2.05) is 26.2 Å². The van der Waals surface area contributed by atoms with Crippen LogP contribution in [0.1, 0.15) is 50.6 Å². The largest absolute Gasteiger partial charge is 0.487 e. The van der Waals surface area contributed by atoms with Gasteiger partial charge in [-0.1, -0.05) is 6.07 Å². The maximum atomic E-state index is 14.5. The zero-order valence-corrected chi connectivity index (χ0v) is 21.0. The number of pyridine rings is 1. The van der Waals surface area contributed by atoms with Crippen LogP contribution in [0, 0.1) is 5.82 Å². The molecule has 0 unspecified atom stereocenters. The van der Waals surface area contributed by atoms with Crippen molar-refractivity contribution in [2.45, 2.75) is 63.4 Å². The van der Waals surface area contributed by atoms with Gasteiger partial charge in [-0.15, -0.1) is 0 Å². The van der Waals surface area contributed by atoms with E-state index in [1.54, 1.807) is 0 Å². The van der Waals surface area contributed by atoms with E-state index in [0.717, 1.165) is 67.5 Å². The summed E-state index contributed by atoms with van der Waals surface area (Å²) in [6, 6.07) is 5.71. The fourth-order valence-electron chi connectivity index (χ4n) is 5.40. The van der Waals surface area contributed by atoms with Crippen molar-refractivity contribution >= 4 is 22.5 Å². The SMILES string of the molecule is CCNc1cc2c(cn1)c(N1CC[C@H](NC)C1)nn2C1CCC(Oc2cccc(C(F)(F)F)c2F)CC1. The molecule has 2 aliphatic rings. The van der Waals surface area contributed by atoms with Crippen molar-refractivity contribution in [2.24, 2.45) is 0 Å². The molecule has 11 heteroatoms. The van der Waals surface area contributed by atoms with Crippen LogP contribution in [-0.2, 0) is 6.18 Å². The summed E-state index contributed by atoms with van der Waals surface area (Å²) in [6.45, 7) is 4.56. The van der Waals surface area contributed by atoms with Gasteiger partial charge in [0.05, 0.1) is 28.6 Å². The Morgan fingerprint density at radius 1 is 1.14 bits per heavy atom. The van der Waals surface area contributed by atoms with Gasteiger partial charge in [-0.2, -0.15) is 18.3 Å². The van der Waals surface area contributed by atoms with Crippen LogP contribution in [0.25, 0.3) is 10.9 Å². The van der Waals surface area contributed by atoms with E-state index in [9.17, 15) is 17.6 Å². The molecule has 0 amide bonds. The molecule has 5 rings (SSSR count). The first-order valence-corrected chi connectivity index (χ1v) is 12.8. The third-order valence-electron chi connectivity index (χ3n) is 7.38. The predicted octanol–water partition coefficient (Wildman–Crippen LogP) is 5.38. The van der Waals surface area contributed by atoms with Crippen LogP contribution in [-0.4, -0.2) is 53.6 Å². The number of hydrogen-bond acceptors (Lipinski definition) is 6. The van der Waals surface area contributed by atoms with E-state index in [0.29, 0.717) is 18.9 Å². The molecule has 3 aromatic rings. The van der Waals surface area contributed by atoms with Gasteiger partial charge in [0.2, 0.25) is 0 Å². The Morgan fingerprint density at radius 2 is 1.92 bits per heavy atom. The summed E-state index contributed by atoms with van der Waals surface area (Å²) in [5, 5.41) is 12.7. The summed E-state index contributed by atoms with van der Waals surface area (Å²) in [5.74, 6) is 0.00956. The number of benzene rings is 1. The number of anilines is 2. The molecule has 7 nitrogen and oxygen atoms in total. The number of alkyl halides is 3. The second-order valence-corrected chi connectivity index (χ2v) is 9.77. The molecule has 1 atom stereocenters.